The number of halogens is 1. The Morgan fingerprint density at radius 2 is 2.32 bits per heavy atom. The van der Waals surface area contributed by atoms with Crippen molar-refractivity contribution in [2.45, 2.75) is 13.3 Å². The summed E-state index contributed by atoms with van der Waals surface area (Å²) >= 11 is 3.32. The molecule has 6 nitrogen and oxygen atoms in total. The summed E-state index contributed by atoms with van der Waals surface area (Å²) in [6, 6.07) is 5.09. The van der Waals surface area contributed by atoms with E-state index in [9.17, 15) is 4.79 Å². The minimum atomic E-state index is -0.195. The molecular weight excluding hydrogens is 312 g/mol. The fourth-order valence-electron chi connectivity index (χ4n) is 1.54. The van der Waals surface area contributed by atoms with Crippen molar-refractivity contribution in [3.05, 3.63) is 40.0 Å². The van der Waals surface area contributed by atoms with Crippen LogP contribution >= 0.6 is 15.9 Å². The molecule has 0 aliphatic carbocycles. The van der Waals surface area contributed by atoms with Gasteiger partial charge in [-0.15, -0.1) is 0 Å². The average molecular weight is 325 g/mol. The van der Waals surface area contributed by atoms with Crippen LogP contribution in [0, 0.1) is 6.92 Å². The molecule has 3 N–H and O–H groups in total. The largest absolute Gasteiger partial charge is 0.399 e. The average Bonchev–Trinajstić information content (AvgIpc) is 2.78. The number of amides is 1. The Bertz CT molecular complexity index is 597. The van der Waals surface area contributed by atoms with Crippen LogP contribution in [-0.4, -0.2) is 22.6 Å². The van der Waals surface area contributed by atoms with Crippen LogP contribution in [0.4, 0.5) is 5.69 Å². The number of nitrogens with two attached hydrogens (primary N) is 1. The monoisotopic (exact) mass is 324 g/mol. The third kappa shape index (κ3) is 3.54. The second kappa shape index (κ2) is 5.83. The minimum absolute atomic E-state index is 0.195. The van der Waals surface area contributed by atoms with E-state index in [0.717, 1.165) is 0 Å². The van der Waals surface area contributed by atoms with Crippen LogP contribution < -0.4 is 11.1 Å². The smallest absolute Gasteiger partial charge is 0.252 e. The SMILES string of the molecule is Cc1nc(CCNC(=O)c2cc(N)ccc2Br)no1. The van der Waals surface area contributed by atoms with Crippen LogP contribution in [0.15, 0.2) is 27.2 Å². The number of carbonyl (C=O) groups excluding carboxylic acids is 1. The Labute approximate surface area is 118 Å². The number of nitrogen functional groups attached to an aromatic ring is 1. The van der Waals surface area contributed by atoms with Gasteiger partial charge < -0.3 is 15.6 Å². The topological polar surface area (TPSA) is 94.0 Å². The van der Waals surface area contributed by atoms with Crippen molar-refractivity contribution in [3.8, 4) is 0 Å². The number of hydrogen-bond donors (Lipinski definition) is 2. The second-order valence-corrected chi connectivity index (χ2v) is 4.83. The summed E-state index contributed by atoms with van der Waals surface area (Å²) in [6.45, 7) is 2.15. The van der Waals surface area contributed by atoms with Crippen molar-refractivity contribution in [2.75, 3.05) is 12.3 Å². The zero-order valence-electron chi connectivity index (χ0n) is 10.3. The van der Waals surface area contributed by atoms with Crippen LogP contribution in [0.5, 0.6) is 0 Å². The molecule has 1 heterocycles. The number of aryl methyl sites for hydroxylation is 1. The van der Waals surface area contributed by atoms with E-state index in [2.05, 4.69) is 31.4 Å². The number of rotatable bonds is 4. The molecule has 7 heteroatoms. The van der Waals surface area contributed by atoms with Crippen molar-refractivity contribution >= 4 is 27.5 Å². The van der Waals surface area contributed by atoms with Crippen LogP contribution in [-0.2, 0) is 6.42 Å². The van der Waals surface area contributed by atoms with Gasteiger partial charge >= 0.3 is 0 Å². The van der Waals surface area contributed by atoms with Gasteiger partial charge in [0.15, 0.2) is 5.82 Å². The molecule has 1 amide bonds. The lowest BCUT2D eigenvalue weighted by molar-refractivity contribution is 0.0953. The molecule has 0 fully saturated rings. The number of hydrogen-bond acceptors (Lipinski definition) is 5. The maximum Gasteiger partial charge on any atom is 0.252 e. The van der Waals surface area contributed by atoms with E-state index in [1.165, 1.54) is 0 Å². The van der Waals surface area contributed by atoms with E-state index >= 15 is 0 Å². The first-order chi connectivity index (χ1) is 9.06. The Morgan fingerprint density at radius 1 is 1.53 bits per heavy atom. The number of carbonyl (C=O) groups is 1. The maximum absolute atomic E-state index is 12.0. The molecule has 1 aromatic heterocycles. The lowest BCUT2D eigenvalue weighted by Gasteiger charge is -2.06. The molecule has 0 atom stereocenters. The predicted octanol–water partition coefficient (Wildman–Crippen LogP) is 1.70. The quantitative estimate of drug-likeness (QED) is 0.835. The standard InChI is InChI=1S/C12H13BrN4O2/c1-7-16-11(17-19-7)4-5-15-12(18)9-6-8(14)2-3-10(9)13/h2-3,6H,4-5,14H2,1H3,(H,15,18). The Morgan fingerprint density at radius 3 is 3.00 bits per heavy atom. The highest BCUT2D eigenvalue weighted by molar-refractivity contribution is 9.10. The fraction of sp³-hybridized carbons (Fsp3) is 0.250. The Hall–Kier alpha value is -1.89. The van der Waals surface area contributed by atoms with Crippen molar-refractivity contribution in [2.24, 2.45) is 0 Å². The molecule has 0 saturated carbocycles. The molecule has 0 unspecified atom stereocenters. The molecular formula is C12H13BrN4O2. The molecule has 2 rings (SSSR count). The third-order valence-electron chi connectivity index (χ3n) is 2.44. The molecule has 2 aromatic rings. The van der Waals surface area contributed by atoms with Crippen LogP contribution in [0.2, 0.25) is 0 Å². The van der Waals surface area contributed by atoms with Gasteiger partial charge in [0.05, 0.1) is 5.56 Å². The zero-order chi connectivity index (χ0) is 13.8. The summed E-state index contributed by atoms with van der Waals surface area (Å²) in [7, 11) is 0. The molecule has 1 aromatic carbocycles. The summed E-state index contributed by atoms with van der Waals surface area (Å²) in [5.41, 5.74) is 6.70. The van der Waals surface area contributed by atoms with Gasteiger partial charge in [-0.05, 0) is 34.1 Å². The van der Waals surface area contributed by atoms with Crippen molar-refractivity contribution in [3.63, 3.8) is 0 Å². The summed E-state index contributed by atoms with van der Waals surface area (Å²) in [5, 5.41) is 6.53. The molecule has 0 spiro atoms. The zero-order valence-corrected chi connectivity index (χ0v) is 11.9. The summed E-state index contributed by atoms with van der Waals surface area (Å²) in [4.78, 5) is 16.0. The lowest BCUT2D eigenvalue weighted by atomic mass is 10.2. The van der Waals surface area contributed by atoms with Crippen LogP contribution in [0.25, 0.3) is 0 Å². The first-order valence-corrected chi connectivity index (χ1v) is 6.48. The van der Waals surface area contributed by atoms with E-state index < -0.39 is 0 Å². The first-order valence-electron chi connectivity index (χ1n) is 5.68. The van der Waals surface area contributed by atoms with Gasteiger partial charge in [0.1, 0.15) is 0 Å². The highest BCUT2D eigenvalue weighted by Crippen LogP contribution is 2.19. The van der Waals surface area contributed by atoms with Gasteiger partial charge in [0, 0.05) is 30.0 Å². The third-order valence-corrected chi connectivity index (χ3v) is 3.13. The highest BCUT2D eigenvalue weighted by Gasteiger charge is 2.10. The molecule has 0 aliphatic rings. The van der Waals surface area contributed by atoms with Crippen LogP contribution in [0.3, 0.4) is 0 Å². The van der Waals surface area contributed by atoms with E-state index in [1.54, 1.807) is 25.1 Å². The molecule has 0 bridgehead atoms. The summed E-state index contributed by atoms with van der Waals surface area (Å²) in [5.74, 6) is 0.892. The Kier molecular flexibility index (Phi) is 4.16. The number of anilines is 1. The molecule has 100 valence electrons. The predicted molar refractivity (Wildman–Crippen MR) is 73.6 cm³/mol. The van der Waals surface area contributed by atoms with E-state index in [1.807, 2.05) is 0 Å². The lowest BCUT2D eigenvalue weighted by Crippen LogP contribution is -2.26. The van der Waals surface area contributed by atoms with Gasteiger partial charge in [0.2, 0.25) is 5.89 Å². The van der Waals surface area contributed by atoms with Gasteiger partial charge in [0.25, 0.3) is 5.91 Å². The fourth-order valence-corrected chi connectivity index (χ4v) is 1.97. The highest BCUT2D eigenvalue weighted by atomic mass is 79.9. The number of nitrogens with zero attached hydrogens (tertiary/aromatic N) is 2. The van der Waals surface area contributed by atoms with Crippen LogP contribution in [0.1, 0.15) is 22.1 Å². The van der Waals surface area contributed by atoms with E-state index in [4.69, 9.17) is 10.3 Å². The number of benzene rings is 1. The molecule has 0 radical (unpaired) electrons. The Balaban J connectivity index is 1.92. The molecule has 0 saturated heterocycles. The number of nitrogens with one attached hydrogen (secondary N) is 1. The normalized spacial score (nSPS) is 10.4. The summed E-state index contributed by atoms with van der Waals surface area (Å²) < 4.78 is 5.55. The van der Waals surface area contributed by atoms with Crippen molar-refractivity contribution in [1.29, 1.82) is 0 Å². The van der Waals surface area contributed by atoms with E-state index in [-0.39, 0.29) is 5.91 Å². The maximum atomic E-state index is 12.0. The first kappa shape index (κ1) is 13.5. The van der Waals surface area contributed by atoms with Crippen molar-refractivity contribution < 1.29 is 9.32 Å². The van der Waals surface area contributed by atoms with Gasteiger partial charge in [-0.1, -0.05) is 5.16 Å². The number of aromatic nitrogens is 2. The molecule has 0 aliphatic heterocycles. The van der Waals surface area contributed by atoms with Gasteiger partial charge in [-0.25, -0.2) is 0 Å². The van der Waals surface area contributed by atoms with Crippen molar-refractivity contribution in [1.82, 2.24) is 15.5 Å². The van der Waals surface area contributed by atoms with Gasteiger partial charge in [-0.3, -0.25) is 4.79 Å². The second-order valence-electron chi connectivity index (χ2n) is 3.97. The van der Waals surface area contributed by atoms with E-state index in [0.29, 0.717) is 40.4 Å². The summed E-state index contributed by atoms with van der Waals surface area (Å²) in [6.07, 6.45) is 0.517. The molecule has 19 heavy (non-hydrogen) atoms. The van der Waals surface area contributed by atoms with Gasteiger partial charge in [-0.2, -0.15) is 4.98 Å². The minimum Gasteiger partial charge on any atom is -0.399 e.